The maximum atomic E-state index is 4.18. The predicted octanol–water partition coefficient (Wildman–Crippen LogP) is 0.853. The lowest BCUT2D eigenvalue weighted by Gasteiger charge is -2.04. The van der Waals surface area contributed by atoms with Crippen molar-refractivity contribution in [3.8, 4) is 0 Å². The molecule has 84 valence electrons. The minimum Gasteiger partial charge on any atom is -0.311 e. The van der Waals surface area contributed by atoms with E-state index >= 15 is 0 Å². The summed E-state index contributed by atoms with van der Waals surface area (Å²) in [7, 11) is 0. The van der Waals surface area contributed by atoms with Crippen LogP contribution in [0.3, 0.4) is 0 Å². The van der Waals surface area contributed by atoms with Crippen LogP contribution in [-0.2, 0) is 13.1 Å². The molecule has 0 aliphatic heterocycles. The molecule has 0 radical (unpaired) electrons. The third kappa shape index (κ3) is 3.43. The van der Waals surface area contributed by atoms with Crippen LogP contribution in [0, 0.1) is 0 Å². The van der Waals surface area contributed by atoms with Crippen molar-refractivity contribution in [1.29, 1.82) is 0 Å². The second kappa shape index (κ2) is 5.97. The van der Waals surface area contributed by atoms with E-state index in [2.05, 4.69) is 20.4 Å². The Hall–Kier alpha value is -1.75. The smallest absolute Gasteiger partial charge is 0.0724 e. The van der Waals surface area contributed by atoms with Gasteiger partial charge in [-0.1, -0.05) is 0 Å². The van der Waals surface area contributed by atoms with E-state index in [1.165, 1.54) is 0 Å². The van der Waals surface area contributed by atoms with Gasteiger partial charge in [-0.05, 0) is 19.0 Å². The quantitative estimate of drug-likeness (QED) is 0.729. The van der Waals surface area contributed by atoms with Crippen molar-refractivity contribution in [2.75, 3.05) is 6.54 Å². The molecule has 0 saturated carbocycles. The molecule has 0 fully saturated rings. The molecule has 0 saturated heterocycles. The molecule has 0 atom stereocenters. The SMILES string of the molecule is c1cnn(CCCNCc2cnccn2)c1. The summed E-state index contributed by atoms with van der Waals surface area (Å²) in [5.74, 6) is 0. The van der Waals surface area contributed by atoms with E-state index < -0.39 is 0 Å². The first kappa shape index (κ1) is 10.8. The number of rotatable bonds is 6. The number of nitrogens with one attached hydrogen (secondary N) is 1. The van der Waals surface area contributed by atoms with Gasteiger partial charge in [-0.3, -0.25) is 14.6 Å². The lowest BCUT2D eigenvalue weighted by atomic mass is 10.4. The maximum Gasteiger partial charge on any atom is 0.0724 e. The summed E-state index contributed by atoms with van der Waals surface area (Å²) in [4.78, 5) is 8.19. The molecule has 0 bridgehead atoms. The lowest BCUT2D eigenvalue weighted by molar-refractivity contribution is 0.541. The van der Waals surface area contributed by atoms with E-state index in [0.29, 0.717) is 0 Å². The normalized spacial score (nSPS) is 10.5. The summed E-state index contributed by atoms with van der Waals surface area (Å²) in [6.45, 7) is 2.67. The Balaban J connectivity index is 1.59. The third-order valence-corrected chi connectivity index (χ3v) is 2.22. The number of aromatic nitrogens is 4. The van der Waals surface area contributed by atoms with Crippen LogP contribution in [0.2, 0.25) is 0 Å². The van der Waals surface area contributed by atoms with Gasteiger partial charge in [-0.15, -0.1) is 0 Å². The first-order chi connectivity index (χ1) is 7.95. The lowest BCUT2D eigenvalue weighted by Crippen LogP contribution is -2.17. The molecule has 16 heavy (non-hydrogen) atoms. The molecular weight excluding hydrogens is 202 g/mol. The van der Waals surface area contributed by atoms with Crippen LogP contribution in [-0.4, -0.2) is 26.3 Å². The van der Waals surface area contributed by atoms with Gasteiger partial charge in [-0.2, -0.15) is 5.10 Å². The fraction of sp³-hybridized carbons (Fsp3) is 0.364. The average molecular weight is 217 g/mol. The van der Waals surface area contributed by atoms with Gasteiger partial charge in [0.15, 0.2) is 0 Å². The fourth-order valence-electron chi connectivity index (χ4n) is 1.44. The first-order valence-electron chi connectivity index (χ1n) is 5.38. The molecule has 2 rings (SSSR count). The molecule has 0 unspecified atom stereocenters. The van der Waals surface area contributed by atoms with Gasteiger partial charge in [0.05, 0.1) is 5.69 Å². The zero-order valence-corrected chi connectivity index (χ0v) is 9.08. The van der Waals surface area contributed by atoms with Crippen molar-refractivity contribution in [2.24, 2.45) is 0 Å². The summed E-state index contributed by atoms with van der Waals surface area (Å²) in [5, 5.41) is 7.46. The molecular formula is C11H15N5. The Kier molecular flexibility index (Phi) is 4.01. The van der Waals surface area contributed by atoms with Crippen molar-refractivity contribution in [3.05, 3.63) is 42.7 Å². The van der Waals surface area contributed by atoms with Crippen molar-refractivity contribution in [3.63, 3.8) is 0 Å². The molecule has 0 spiro atoms. The highest BCUT2D eigenvalue weighted by Crippen LogP contribution is 1.91. The fourth-order valence-corrected chi connectivity index (χ4v) is 1.44. The number of nitrogens with zero attached hydrogens (tertiary/aromatic N) is 4. The largest absolute Gasteiger partial charge is 0.311 e. The van der Waals surface area contributed by atoms with Crippen molar-refractivity contribution in [2.45, 2.75) is 19.5 Å². The topological polar surface area (TPSA) is 55.6 Å². The zero-order chi connectivity index (χ0) is 11.1. The molecule has 0 aromatic carbocycles. The van der Waals surface area contributed by atoms with Gasteiger partial charge < -0.3 is 5.32 Å². The van der Waals surface area contributed by atoms with Gasteiger partial charge in [0.2, 0.25) is 0 Å². The summed E-state index contributed by atoms with van der Waals surface area (Å²) in [5.41, 5.74) is 0.974. The first-order valence-corrected chi connectivity index (χ1v) is 5.38. The Labute approximate surface area is 94.5 Å². The zero-order valence-electron chi connectivity index (χ0n) is 9.08. The molecule has 5 heteroatoms. The van der Waals surface area contributed by atoms with Crippen LogP contribution in [0.5, 0.6) is 0 Å². The molecule has 5 nitrogen and oxygen atoms in total. The van der Waals surface area contributed by atoms with Gasteiger partial charge in [0, 0.05) is 44.1 Å². The highest BCUT2D eigenvalue weighted by Gasteiger charge is 1.93. The van der Waals surface area contributed by atoms with Crippen LogP contribution in [0.25, 0.3) is 0 Å². The summed E-state index contributed by atoms with van der Waals surface area (Å²) in [6, 6.07) is 1.94. The van der Waals surface area contributed by atoms with Crippen LogP contribution in [0.4, 0.5) is 0 Å². The van der Waals surface area contributed by atoms with Crippen LogP contribution in [0.15, 0.2) is 37.1 Å². The monoisotopic (exact) mass is 217 g/mol. The Bertz CT molecular complexity index is 384. The van der Waals surface area contributed by atoms with Crippen molar-refractivity contribution >= 4 is 0 Å². The van der Waals surface area contributed by atoms with E-state index in [1.807, 2.05) is 16.9 Å². The van der Waals surface area contributed by atoms with Crippen LogP contribution >= 0.6 is 0 Å². The van der Waals surface area contributed by atoms with Gasteiger partial charge >= 0.3 is 0 Å². The Morgan fingerprint density at radius 1 is 1.25 bits per heavy atom. The molecule has 1 N–H and O–H groups in total. The minimum absolute atomic E-state index is 0.771. The maximum absolute atomic E-state index is 4.18. The number of hydrogen-bond acceptors (Lipinski definition) is 4. The van der Waals surface area contributed by atoms with Gasteiger partial charge in [-0.25, -0.2) is 0 Å². The molecule has 0 amide bonds. The molecule has 0 aliphatic carbocycles. The van der Waals surface area contributed by atoms with Crippen molar-refractivity contribution in [1.82, 2.24) is 25.1 Å². The van der Waals surface area contributed by atoms with Gasteiger partial charge in [0.1, 0.15) is 0 Å². The Morgan fingerprint density at radius 3 is 3.00 bits per heavy atom. The van der Waals surface area contributed by atoms with E-state index in [0.717, 1.165) is 31.7 Å². The molecule has 2 heterocycles. The molecule has 2 aromatic rings. The highest BCUT2D eigenvalue weighted by molar-refractivity contribution is 4.93. The van der Waals surface area contributed by atoms with E-state index in [4.69, 9.17) is 0 Å². The third-order valence-electron chi connectivity index (χ3n) is 2.22. The van der Waals surface area contributed by atoms with Crippen molar-refractivity contribution < 1.29 is 0 Å². The van der Waals surface area contributed by atoms with E-state index in [1.54, 1.807) is 24.8 Å². The standard InChI is InChI=1S/C11H15N5/c1(7-16-8-2-4-15-16)3-12-9-11-10-13-5-6-14-11/h2,4-6,8,10,12H,1,3,7,9H2. The predicted molar refractivity (Wildman–Crippen MR) is 60.6 cm³/mol. The van der Waals surface area contributed by atoms with E-state index in [9.17, 15) is 0 Å². The Morgan fingerprint density at radius 2 is 2.25 bits per heavy atom. The van der Waals surface area contributed by atoms with Crippen LogP contribution < -0.4 is 5.32 Å². The highest BCUT2D eigenvalue weighted by atomic mass is 15.3. The molecule has 0 aliphatic rings. The van der Waals surface area contributed by atoms with E-state index in [-0.39, 0.29) is 0 Å². The second-order valence-electron chi connectivity index (χ2n) is 3.50. The average Bonchev–Trinajstić information content (AvgIpc) is 2.83. The van der Waals surface area contributed by atoms with Crippen LogP contribution in [0.1, 0.15) is 12.1 Å². The minimum atomic E-state index is 0.771. The summed E-state index contributed by atoms with van der Waals surface area (Å²) < 4.78 is 1.93. The summed E-state index contributed by atoms with van der Waals surface area (Å²) in [6.07, 6.45) is 10.0. The summed E-state index contributed by atoms with van der Waals surface area (Å²) >= 11 is 0. The second-order valence-corrected chi connectivity index (χ2v) is 3.50. The number of hydrogen-bond donors (Lipinski definition) is 1. The molecule has 2 aromatic heterocycles. The number of aryl methyl sites for hydroxylation is 1. The van der Waals surface area contributed by atoms with Gasteiger partial charge in [0.25, 0.3) is 0 Å².